The summed E-state index contributed by atoms with van der Waals surface area (Å²) in [7, 11) is 0. The van der Waals surface area contributed by atoms with Crippen LogP contribution in [0.4, 0.5) is 0 Å². The maximum Gasteiger partial charge on any atom is 0.314 e. The average Bonchev–Trinajstić information content (AvgIpc) is 2.77. The predicted molar refractivity (Wildman–Crippen MR) is 75.5 cm³/mol. The molecule has 1 unspecified atom stereocenters. The smallest absolute Gasteiger partial charge is 0.314 e. The number of carboxylic acids is 1. The molecule has 1 aliphatic rings. The lowest BCUT2D eigenvalue weighted by molar-refractivity contribution is -0.141. The van der Waals surface area contributed by atoms with Gasteiger partial charge in [-0.3, -0.25) is 9.48 Å². The standard InChI is InChI=1S/C16H18N2O2/c1-15(2)11-16(15,14(19)20)13-8-17-18(10-13)9-12-6-4-3-5-7-12/h3-8,10H,9,11H2,1-2H3,(H,19,20). The van der Waals surface area contributed by atoms with Crippen LogP contribution in [0, 0.1) is 5.41 Å². The molecule has 1 aliphatic carbocycles. The Morgan fingerprint density at radius 1 is 1.35 bits per heavy atom. The van der Waals surface area contributed by atoms with Crippen molar-refractivity contribution in [2.75, 3.05) is 0 Å². The van der Waals surface area contributed by atoms with Crippen molar-refractivity contribution in [1.29, 1.82) is 0 Å². The van der Waals surface area contributed by atoms with Gasteiger partial charge in [-0.05, 0) is 17.4 Å². The Kier molecular flexibility index (Phi) is 2.71. The van der Waals surface area contributed by atoms with Crippen LogP contribution in [0.25, 0.3) is 0 Å². The summed E-state index contributed by atoms with van der Waals surface area (Å²) in [5.74, 6) is -0.748. The molecule has 0 bridgehead atoms. The maximum absolute atomic E-state index is 11.6. The highest BCUT2D eigenvalue weighted by Crippen LogP contribution is 2.64. The van der Waals surface area contributed by atoms with Gasteiger partial charge in [0.2, 0.25) is 0 Å². The fourth-order valence-corrected chi connectivity index (χ4v) is 3.04. The molecule has 1 aromatic carbocycles. The third kappa shape index (κ3) is 1.83. The van der Waals surface area contributed by atoms with Gasteiger partial charge in [-0.2, -0.15) is 5.10 Å². The van der Waals surface area contributed by atoms with Gasteiger partial charge in [-0.25, -0.2) is 0 Å². The third-order valence-electron chi connectivity index (χ3n) is 4.42. The van der Waals surface area contributed by atoms with Gasteiger partial charge in [0.1, 0.15) is 5.41 Å². The number of carboxylic acid groups (broad SMARTS) is 1. The van der Waals surface area contributed by atoms with Crippen LogP contribution in [-0.4, -0.2) is 20.9 Å². The largest absolute Gasteiger partial charge is 0.481 e. The molecule has 4 heteroatoms. The van der Waals surface area contributed by atoms with Crippen molar-refractivity contribution in [2.24, 2.45) is 5.41 Å². The third-order valence-corrected chi connectivity index (χ3v) is 4.42. The first-order chi connectivity index (χ1) is 9.46. The van der Waals surface area contributed by atoms with Gasteiger partial charge in [-0.1, -0.05) is 44.2 Å². The van der Waals surface area contributed by atoms with Crippen LogP contribution < -0.4 is 0 Å². The van der Waals surface area contributed by atoms with Crippen LogP contribution in [0.5, 0.6) is 0 Å². The fourth-order valence-electron chi connectivity index (χ4n) is 3.04. The number of aromatic nitrogens is 2. The summed E-state index contributed by atoms with van der Waals surface area (Å²) < 4.78 is 1.81. The van der Waals surface area contributed by atoms with Crippen LogP contribution >= 0.6 is 0 Å². The summed E-state index contributed by atoms with van der Waals surface area (Å²) in [6.07, 6.45) is 4.24. The monoisotopic (exact) mass is 270 g/mol. The van der Waals surface area contributed by atoms with Crippen molar-refractivity contribution in [3.8, 4) is 0 Å². The Balaban J connectivity index is 1.86. The minimum atomic E-state index is -0.762. The van der Waals surface area contributed by atoms with Crippen molar-refractivity contribution in [3.63, 3.8) is 0 Å². The number of benzene rings is 1. The number of rotatable bonds is 4. The molecule has 1 fully saturated rings. The normalized spacial score (nSPS) is 23.5. The zero-order chi connectivity index (χ0) is 14.4. The van der Waals surface area contributed by atoms with Crippen molar-refractivity contribution in [2.45, 2.75) is 32.2 Å². The van der Waals surface area contributed by atoms with E-state index in [1.807, 2.05) is 55.1 Å². The van der Waals surface area contributed by atoms with E-state index in [0.29, 0.717) is 13.0 Å². The fraction of sp³-hybridized carbons (Fsp3) is 0.375. The van der Waals surface area contributed by atoms with Gasteiger partial charge >= 0.3 is 5.97 Å². The summed E-state index contributed by atoms with van der Waals surface area (Å²) in [5, 5.41) is 13.9. The molecule has 0 spiro atoms. The molecule has 0 aliphatic heterocycles. The van der Waals surface area contributed by atoms with Gasteiger partial charge in [0.15, 0.2) is 0 Å². The number of aliphatic carboxylic acids is 1. The van der Waals surface area contributed by atoms with Crippen LogP contribution in [0.1, 0.15) is 31.4 Å². The first-order valence-corrected chi connectivity index (χ1v) is 6.76. The molecule has 1 heterocycles. The van der Waals surface area contributed by atoms with E-state index in [-0.39, 0.29) is 5.41 Å². The number of nitrogens with zero attached hydrogens (tertiary/aromatic N) is 2. The Morgan fingerprint density at radius 3 is 2.55 bits per heavy atom. The lowest BCUT2D eigenvalue weighted by atomic mass is 9.90. The molecule has 1 N–H and O–H groups in total. The molecule has 0 saturated heterocycles. The van der Waals surface area contributed by atoms with E-state index in [4.69, 9.17) is 0 Å². The van der Waals surface area contributed by atoms with Crippen molar-refractivity contribution in [1.82, 2.24) is 9.78 Å². The Bertz CT molecular complexity index is 646. The summed E-state index contributed by atoms with van der Waals surface area (Å²) in [5.41, 5.74) is 1.01. The lowest BCUT2D eigenvalue weighted by Gasteiger charge is -2.13. The highest BCUT2D eigenvalue weighted by Gasteiger charge is 2.68. The number of carbonyl (C=O) groups is 1. The molecule has 4 nitrogen and oxygen atoms in total. The minimum Gasteiger partial charge on any atom is -0.481 e. The van der Waals surface area contributed by atoms with E-state index >= 15 is 0 Å². The van der Waals surface area contributed by atoms with Crippen LogP contribution in [0.3, 0.4) is 0 Å². The van der Waals surface area contributed by atoms with Gasteiger partial charge in [0, 0.05) is 11.8 Å². The maximum atomic E-state index is 11.6. The van der Waals surface area contributed by atoms with E-state index in [1.165, 1.54) is 0 Å². The molecule has 20 heavy (non-hydrogen) atoms. The van der Waals surface area contributed by atoms with E-state index in [9.17, 15) is 9.90 Å². The first-order valence-electron chi connectivity index (χ1n) is 6.76. The molecule has 3 rings (SSSR count). The minimum absolute atomic E-state index is 0.195. The van der Waals surface area contributed by atoms with Crippen LogP contribution in [0.2, 0.25) is 0 Å². The summed E-state index contributed by atoms with van der Waals surface area (Å²) in [6.45, 7) is 4.66. The first kappa shape index (κ1) is 12.9. The Labute approximate surface area is 118 Å². The average molecular weight is 270 g/mol. The highest BCUT2D eigenvalue weighted by atomic mass is 16.4. The molecule has 2 aromatic rings. The molecule has 1 atom stereocenters. The molecule has 104 valence electrons. The number of hydrogen-bond acceptors (Lipinski definition) is 2. The molecule has 1 aromatic heterocycles. The van der Waals surface area contributed by atoms with Gasteiger partial charge in [0.05, 0.1) is 12.7 Å². The van der Waals surface area contributed by atoms with Gasteiger partial charge < -0.3 is 5.11 Å². The molecule has 1 saturated carbocycles. The second-order valence-corrected chi connectivity index (χ2v) is 6.18. The predicted octanol–water partition coefficient (Wildman–Crippen LogP) is 2.68. The van der Waals surface area contributed by atoms with Gasteiger partial charge in [0.25, 0.3) is 0 Å². The molecule has 0 radical (unpaired) electrons. The summed E-state index contributed by atoms with van der Waals surface area (Å²) >= 11 is 0. The Morgan fingerprint density at radius 2 is 2.00 bits per heavy atom. The second kappa shape index (κ2) is 4.20. The van der Waals surface area contributed by atoms with E-state index in [0.717, 1.165) is 11.1 Å². The SMILES string of the molecule is CC1(C)CC1(C(=O)O)c1cnn(Cc2ccccc2)c1. The topological polar surface area (TPSA) is 55.1 Å². The van der Waals surface area contributed by atoms with Crippen LogP contribution in [0.15, 0.2) is 42.7 Å². The summed E-state index contributed by atoms with van der Waals surface area (Å²) in [4.78, 5) is 11.6. The van der Waals surface area contributed by atoms with Crippen LogP contribution in [-0.2, 0) is 16.8 Å². The zero-order valence-electron chi connectivity index (χ0n) is 11.7. The number of hydrogen-bond donors (Lipinski definition) is 1. The summed E-state index contributed by atoms with van der Waals surface area (Å²) in [6, 6.07) is 10.0. The Hall–Kier alpha value is -2.10. The lowest BCUT2D eigenvalue weighted by Crippen LogP contribution is -2.25. The van der Waals surface area contributed by atoms with E-state index in [2.05, 4.69) is 5.10 Å². The van der Waals surface area contributed by atoms with Gasteiger partial charge in [-0.15, -0.1) is 0 Å². The highest BCUT2D eigenvalue weighted by molar-refractivity contribution is 5.86. The second-order valence-electron chi connectivity index (χ2n) is 6.18. The zero-order valence-corrected chi connectivity index (χ0v) is 11.7. The quantitative estimate of drug-likeness (QED) is 0.929. The van der Waals surface area contributed by atoms with E-state index < -0.39 is 11.4 Å². The van der Waals surface area contributed by atoms with E-state index in [1.54, 1.807) is 6.20 Å². The van der Waals surface area contributed by atoms with Crippen molar-refractivity contribution in [3.05, 3.63) is 53.9 Å². The molecule has 0 amide bonds. The van der Waals surface area contributed by atoms with Crippen molar-refractivity contribution < 1.29 is 9.90 Å². The molecular formula is C16H18N2O2. The molecular weight excluding hydrogens is 252 g/mol. The van der Waals surface area contributed by atoms with Crippen molar-refractivity contribution >= 4 is 5.97 Å².